The van der Waals surface area contributed by atoms with Crippen molar-refractivity contribution in [3.63, 3.8) is 0 Å². The van der Waals surface area contributed by atoms with E-state index in [4.69, 9.17) is 11.0 Å². The lowest BCUT2D eigenvalue weighted by atomic mass is 10.3. The van der Waals surface area contributed by atoms with E-state index in [1.807, 2.05) is 6.07 Å². The number of nitriles is 1. The van der Waals surface area contributed by atoms with E-state index < -0.39 is 11.9 Å². The van der Waals surface area contributed by atoms with Gasteiger partial charge in [-0.1, -0.05) is 0 Å². The lowest BCUT2D eigenvalue weighted by Gasteiger charge is -2.05. The fourth-order valence-corrected chi connectivity index (χ4v) is 1.32. The smallest absolute Gasteiger partial charge is 0.396 e. The van der Waals surface area contributed by atoms with E-state index in [2.05, 4.69) is 10.1 Å². The molecule has 0 amide bonds. The van der Waals surface area contributed by atoms with Crippen molar-refractivity contribution in [2.45, 2.75) is 6.18 Å². The highest BCUT2D eigenvalue weighted by molar-refractivity contribution is 5.55. The first-order valence-corrected chi connectivity index (χ1v) is 4.70. The van der Waals surface area contributed by atoms with E-state index in [0.29, 0.717) is 0 Å². The van der Waals surface area contributed by atoms with Gasteiger partial charge in [-0.2, -0.15) is 23.5 Å². The van der Waals surface area contributed by atoms with Crippen LogP contribution in [0.1, 0.15) is 11.3 Å². The summed E-state index contributed by atoms with van der Waals surface area (Å²) in [7, 11) is 0. The van der Waals surface area contributed by atoms with E-state index in [9.17, 15) is 13.2 Å². The number of pyridine rings is 1. The number of rotatable bonds is 1. The molecular formula is C10H6F3N5. The Morgan fingerprint density at radius 2 is 2.11 bits per heavy atom. The van der Waals surface area contributed by atoms with Gasteiger partial charge >= 0.3 is 6.18 Å². The summed E-state index contributed by atoms with van der Waals surface area (Å²) < 4.78 is 38.0. The molecule has 0 fully saturated rings. The second-order valence-electron chi connectivity index (χ2n) is 3.39. The minimum atomic E-state index is -4.52. The molecule has 2 aromatic rings. The highest BCUT2D eigenvalue weighted by Gasteiger charge is 2.33. The Kier molecular flexibility index (Phi) is 2.67. The van der Waals surface area contributed by atoms with Crippen molar-refractivity contribution in [1.82, 2.24) is 14.8 Å². The standard InChI is InChI=1S/C10H6F3N5/c11-10(12,13)8-1-2-18(17-8)9-7(15)3-6(4-14)5-16-9/h1-3,5H,15H2. The normalized spacial score (nSPS) is 11.2. The quantitative estimate of drug-likeness (QED) is 0.839. The van der Waals surface area contributed by atoms with E-state index >= 15 is 0 Å². The third-order valence-electron chi connectivity index (χ3n) is 2.12. The topological polar surface area (TPSA) is 80.5 Å². The van der Waals surface area contributed by atoms with Gasteiger partial charge in [0.2, 0.25) is 0 Å². The summed E-state index contributed by atoms with van der Waals surface area (Å²) in [6, 6.07) is 3.96. The molecule has 0 saturated carbocycles. The van der Waals surface area contributed by atoms with Gasteiger partial charge in [0.05, 0.1) is 11.3 Å². The zero-order chi connectivity index (χ0) is 13.3. The van der Waals surface area contributed by atoms with Crippen molar-refractivity contribution in [3.05, 3.63) is 35.8 Å². The molecule has 0 aromatic carbocycles. The maximum Gasteiger partial charge on any atom is 0.435 e. The van der Waals surface area contributed by atoms with Gasteiger partial charge < -0.3 is 5.73 Å². The fraction of sp³-hybridized carbons (Fsp3) is 0.100. The number of nitrogens with two attached hydrogens (primary N) is 1. The third-order valence-corrected chi connectivity index (χ3v) is 2.12. The molecule has 0 atom stereocenters. The summed E-state index contributed by atoms with van der Waals surface area (Å²) in [4.78, 5) is 3.80. The van der Waals surface area contributed by atoms with Crippen molar-refractivity contribution in [3.8, 4) is 11.9 Å². The molecule has 5 nitrogen and oxygen atoms in total. The molecule has 2 N–H and O–H groups in total. The van der Waals surface area contributed by atoms with E-state index in [1.165, 1.54) is 12.3 Å². The van der Waals surface area contributed by atoms with Gasteiger partial charge in [-0.15, -0.1) is 0 Å². The maximum atomic E-state index is 12.4. The van der Waals surface area contributed by atoms with Crippen LogP contribution in [0, 0.1) is 11.3 Å². The molecule has 0 radical (unpaired) electrons. The van der Waals surface area contributed by atoms with Gasteiger partial charge in [0.15, 0.2) is 11.5 Å². The lowest BCUT2D eigenvalue weighted by molar-refractivity contribution is -0.141. The van der Waals surface area contributed by atoms with Crippen LogP contribution in [-0.4, -0.2) is 14.8 Å². The van der Waals surface area contributed by atoms with Crippen LogP contribution in [0.5, 0.6) is 0 Å². The minimum absolute atomic E-state index is 0.0458. The molecule has 0 aliphatic rings. The van der Waals surface area contributed by atoms with Crippen molar-refractivity contribution < 1.29 is 13.2 Å². The monoisotopic (exact) mass is 253 g/mol. The number of hydrogen-bond donors (Lipinski definition) is 1. The summed E-state index contributed by atoms with van der Waals surface area (Å²) >= 11 is 0. The molecular weight excluding hydrogens is 247 g/mol. The van der Waals surface area contributed by atoms with Gasteiger partial charge in [0.1, 0.15) is 6.07 Å². The first-order valence-electron chi connectivity index (χ1n) is 4.70. The summed E-state index contributed by atoms with van der Waals surface area (Å²) in [6.45, 7) is 0. The zero-order valence-corrected chi connectivity index (χ0v) is 8.81. The molecule has 0 spiro atoms. The van der Waals surface area contributed by atoms with Crippen molar-refractivity contribution in [2.24, 2.45) is 0 Å². The highest BCUT2D eigenvalue weighted by atomic mass is 19.4. The molecule has 0 aliphatic heterocycles. The van der Waals surface area contributed by atoms with Gasteiger partial charge in [0.25, 0.3) is 0 Å². The summed E-state index contributed by atoms with van der Waals surface area (Å²) in [5, 5.41) is 12.0. The van der Waals surface area contributed by atoms with Crippen LogP contribution in [0.2, 0.25) is 0 Å². The lowest BCUT2D eigenvalue weighted by Crippen LogP contribution is -2.09. The Bertz CT molecular complexity index is 623. The Balaban J connectivity index is 2.44. The van der Waals surface area contributed by atoms with Crippen LogP contribution < -0.4 is 5.73 Å². The molecule has 2 rings (SSSR count). The molecule has 92 valence electrons. The number of halogens is 3. The number of nitrogens with zero attached hydrogens (tertiary/aromatic N) is 4. The molecule has 0 saturated heterocycles. The van der Waals surface area contributed by atoms with Crippen LogP contribution in [0.4, 0.5) is 18.9 Å². The molecule has 2 heterocycles. The molecule has 0 unspecified atom stereocenters. The van der Waals surface area contributed by atoms with Crippen LogP contribution in [0.3, 0.4) is 0 Å². The summed E-state index contributed by atoms with van der Waals surface area (Å²) in [5.41, 5.74) is 4.85. The predicted molar refractivity (Wildman–Crippen MR) is 55.5 cm³/mol. The number of alkyl halides is 3. The average Bonchev–Trinajstić information content (AvgIpc) is 2.77. The SMILES string of the molecule is N#Cc1cnc(-n2ccc(C(F)(F)F)n2)c(N)c1. The van der Waals surface area contributed by atoms with Crippen LogP contribution >= 0.6 is 0 Å². The Morgan fingerprint density at radius 3 is 2.61 bits per heavy atom. The number of nitrogen functional groups attached to an aromatic ring is 1. The van der Waals surface area contributed by atoms with Crippen LogP contribution in [-0.2, 0) is 6.18 Å². The molecule has 0 bridgehead atoms. The minimum Gasteiger partial charge on any atom is -0.396 e. The average molecular weight is 253 g/mol. The number of hydrogen-bond acceptors (Lipinski definition) is 4. The largest absolute Gasteiger partial charge is 0.435 e. The Morgan fingerprint density at radius 1 is 1.39 bits per heavy atom. The number of anilines is 1. The fourth-order valence-electron chi connectivity index (χ4n) is 1.32. The maximum absolute atomic E-state index is 12.4. The van der Waals surface area contributed by atoms with Gasteiger partial charge in [0, 0.05) is 12.4 Å². The predicted octanol–water partition coefficient (Wildman–Crippen LogP) is 1.74. The van der Waals surface area contributed by atoms with E-state index in [1.54, 1.807) is 0 Å². The van der Waals surface area contributed by atoms with Crippen LogP contribution in [0.25, 0.3) is 5.82 Å². The molecule has 18 heavy (non-hydrogen) atoms. The van der Waals surface area contributed by atoms with Crippen molar-refractivity contribution in [1.29, 1.82) is 5.26 Å². The molecule has 2 aromatic heterocycles. The second kappa shape index (κ2) is 4.03. The second-order valence-corrected chi connectivity index (χ2v) is 3.39. The molecule has 8 heteroatoms. The van der Waals surface area contributed by atoms with E-state index in [-0.39, 0.29) is 17.1 Å². The van der Waals surface area contributed by atoms with E-state index in [0.717, 1.165) is 16.9 Å². The van der Waals surface area contributed by atoms with Crippen molar-refractivity contribution in [2.75, 3.05) is 5.73 Å². The van der Waals surface area contributed by atoms with Gasteiger partial charge in [-0.3, -0.25) is 0 Å². The summed E-state index contributed by atoms with van der Waals surface area (Å²) in [6.07, 6.45) is -2.21. The summed E-state index contributed by atoms with van der Waals surface area (Å²) in [5.74, 6) is 0.0458. The first-order chi connectivity index (χ1) is 8.41. The Hall–Kier alpha value is -2.56. The van der Waals surface area contributed by atoms with Crippen LogP contribution in [0.15, 0.2) is 24.5 Å². The Labute approximate surface area is 99.3 Å². The van der Waals surface area contributed by atoms with Gasteiger partial charge in [-0.05, 0) is 12.1 Å². The van der Waals surface area contributed by atoms with Gasteiger partial charge in [-0.25, -0.2) is 9.67 Å². The third kappa shape index (κ3) is 2.10. The molecule has 0 aliphatic carbocycles. The number of aromatic nitrogens is 3. The zero-order valence-electron chi connectivity index (χ0n) is 8.81. The first kappa shape index (κ1) is 11.9. The highest BCUT2D eigenvalue weighted by Crippen LogP contribution is 2.28. The van der Waals surface area contributed by atoms with Crippen molar-refractivity contribution >= 4 is 5.69 Å².